The molecule has 0 aromatic heterocycles. The average Bonchev–Trinajstić information content (AvgIpc) is 2.37. The highest BCUT2D eigenvalue weighted by Crippen LogP contribution is 2.08. The molecule has 0 saturated heterocycles. The van der Waals surface area contributed by atoms with Crippen molar-refractivity contribution < 1.29 is 14.3 Å². The molecule has 0 fully saturated rings. The molecule has 92 valence electrons. The number of benzene rings is 1. The van der Waals surface area contributed by atoms with Crippen LogP contribution in [-0.4, -0.2) is 18.4 Å². The molecule has 1 rings (SSSR count). The summed E-state index contributed by atoms with van der Waals surface area (Å²) < 4.78 is 4.74. The van der Waals surface area contributed by atoms with Crippen LogP contribution in [-0.2, 0) is 9.53 Å². The highest BCUT2D eigenvalue weighted by Gasteiger charge is 2.03. The summed E-state index contributed by atoms with van der Waals surface area (Å²) in [6.07, 6.45) is 2.81. The van der Waals surface area contributed by atoms with Crippen LogP contribution in [0.4, 0.5) is 0 Å². The first kappa shape index (κ1) is 13.7. The van der Waals surface area contributed by atoms with Gasteiger partial charge in [-0.2, -0.15) is 5.26 Å². The number of ether oxygens (including phenoxy) is 1. The van der Waals surface area contributed by atoms with E-state index in [9.17, 15) is 9.59 Å². The summed E-state index contributed by atoms with van der Waals surface area (Å²) in [6, 6.07) is 8.49. The Balaban J connectivity index is 2.69. The predicted octanol–water partition coefficient (Wildman–Crippen LogP) is 2.36. The van der Waals surface area contributed by atoms with Crippen LogP contribution in [0.1, 0.15) is 29.3 Å². The van der Waals surface area contributed by atoms with E-state index in [2.05, 4.69) is 0 Å². The van der Waals surface area contributed by atoms with Gasteiger partial charge in [0.1, 0.15) is 0 Å². The van der Waals surface area contributed by atoms with Gasteiger partial charge in [-0.15, -0.1) is 0 Å². The topological polar surface area (TPSA) is 67.2 Å². The average molecular weight is 243 g/mol. The monoisotopic (exact) mass is 243 g/mol. The van der Waals surface area contributed by atoms with E-state index in [0.717, 1.165) is 5.56 Å². The van der Waals surface area contributed by atoms with Crippen molar-refractivity contribution in [2.75, 3.05) is 6.61 Å². The summed E-state index contributed by atoms with van der Waals surface area (Å²) in [5.41, 5.74) is 1.28. The minimum Gasteiger partial charge on any atom is -0.463 e. The van der Waals surface area contributed by atoms with Crippen molar-refractivity contribution in [2.24, 2.45) is 0 Å². The predicted molar refractivity (Wildman–Crippen MR) is 66.7 cm³/mol. The number of nitrogens with zero attached hydrogens (tertiary/aromatic N) is 1. The first-order chi connectivity index (χ1) is 8.67. The van der Waals surface area contributed by atoms with Crippen molar-refractivity contribution in [1.29, 1.82) is 5.26 Å². The second-order valence-electron chi connectivity index (χ2n) is 3.47. The molecular weight excluding hydrogens is 230 g/mol. The maximum absolute atomic E-state index is 11.4. The fourth-order valence-corrected chi connectivity index (χ4v) is 1.31. The van der Waals surface area contributed by atoms with E-state index in [-0.39, 0.29) is 12.2 Å². The molecule has 0 N–H and O–H groups in total. The third-order valence-electron chi connectivity index (χ3n) is 2.17. The fourth-order valence-electron chi connectivity index (χ4n) is 1.31. The molecule has 0 bridgehead atoms. The molecule has 0 spiro atoms. The molecule has 0 heterocycles. The number of nitriles is 1. The Kier molecular flexibility index (Phi) is 5.33. The van der Waals surface area contributed by atoms with E-state index < -0.39 is 5.97 Å². The van der Waals surface area contributed by atoms with Gasteiger partial charge in [0, 0.05) is 11.6 Å². The lowest BCUT2D eigenvalue weighted by Gasteiger charge is -1.98. The summed E-state index contributed by atoms with van der Waals surface area (Å²) >= 11 is 0. The van der Waals surface area contributed by atoms with Crippen molar-refractivity contribution in [3.63, 3.8) is 0 Å². The lowest BCUT2D eigenvalue weighted by Crippen LogP contribution is -1.99. The van der Waals surface area contributed by atoms with Gasteiger partial charge in [-0.1, -0.05) is 24.3 Å². The number of rotatable bonds is 5. The summed E-state index contributed by atoms with van der Waals surface area (Å²) in [7, 11) is 0. The molecule has 0 aliphatic rings. The van der Waals surface area contributed by atoms with Crippen molar-refractivity contribution in [3.05, 3.63) is 41.5 Å². The molecule has 0 radical (unpaired) electrons. The van der Waals surface area contributed by atoms with Gasteiger partial charge >= 0.3 is 5.97 Å². The highest BCUT2D eigenvalue weighted by atomic mass is 16.5. The molecule has 0 saturated carbocycles. The molecule has 0 atom stereocenters. The quantitative estimate of drug-likeness (QED) is 0.452. The van der Waals surface area contributed by atoms with Crippen molar-refractivity contribution in [1.82, 2.24) is 0 Å². The number of esters is 1. The standard InChI is InChI=1S/C14H13NO3/c1-2-18-14(17)8-5-11-3-6-12(7-4-11)13(16)9-10-15/h3-8H,2,9H2,1H3. The Morgan fingerprint density at radius 3 is 2.56 bits per heavy atom. The van der Waals surface area contributed by atoms with Crippen LogP contribution in [0.5, 0.6) is 0 Å². The van der Waals surface area contributed by atoms with E-state index in [4.69, 9.17) is 10.00 Å². The number of hydrogen-bond donors (Lipinski definition) is 0. The fraction of sp³-hybridized carbons (Fsp3) is 0.214. The molecule has 0 aliphatic carbocycles. The van der Waals surface area contributed by atoms with Gasteiger partial charge in [-0.3, -0.25) is 4.79 Å². The minimum atomic E-state index is -0.401. The molecule has 18 heavy (non-hydrogen) atoms. The zero-order chi connectivity index (χ0) is 13.4. The number of hydrogen-bond acceptors (Lipinski definition) is 4. The van der Waals surface area contributed by atoms with Gasteiger partial charge in [-0.25, -0.2) is 4.79 Å². The maximum Gasteiger partial charge on any atom is 0.330 e. The smallest absolute Gasteiger partial charge is 0.330 e. The van der Waals surface area contributed by atoms with Crippen LogP contribution in [0.3, 0.4) is 0 Å². The number of carbonyl (C=O) groups excluding carboxylic acids is 2. The van der Waals surface area contributed by atoms with Gasteiger partial charge in [0.25, 0.3) is 0 Å². The molecule has 4 heteroatoms. The Bertz CT molecular complexity index is 495. The molecule has 0 amide bonds. The molecule has 1 aromatic rings. The van der Waals surface area contributed by atoms with Crippen LogP contribution in [0.15, 0.2) is 30.3 Å². The van der Waals surface area contributed by atoms with E-state index >= 15 is 0 Å². The van der Waals surface area contributed by atoms with E-state index in [1.54, 1.807) is 37.3 Å². The van der Waals surface area contributed by atoms with Crippen LogP contribution in [0.25, 0.3) is 6.08 Å². The van der Waals surface area contributed by atoms with Crippen molar-refractivity contribution in [2.45, 2.75) is 13.3 Å². The summed E-state index contributed by atoms with van der Waals surface area (Å²) in [6.45, 7) is 2.08. The van der Waals surface area contributed by atoms with Gasteiger partial charge in [0.05, 0.1) is 19.1 Å². The number of ketones is 1. The second-order valence-corrected chi connectivity index (χ2v) is 3.47. The minimum absolute atomic E-state index is 0.127. The zero-order valence-electron chi connectivity index (χ0n) is 10.1. The Hall–Kier alpha value is -2.41. The van der Waals surface area contributed by atoms with Crippen LogP contribution < -0.4 is 0 Å². The van der Waals surface area contributed by atoms with Gasteiger partial charge in [-0.05, 0) is 18.6 Å². The summed E-state index contributed by atoms with van der Waals surface area (Å²) in [5.74, 6) is -0.611. The van der Waals surface area contributed by atoms with Crippen LogP contribution >= 0.6 is 0 Å². The van der Waals surface area contributed by atoms with Crippen LogP contribution in [0, 0.1) is 11.3 Å². The lowest BCUT2D eigenvalue weighted by molar-refractivity contribution is -0.137. The SMILES string of the molecule is CCOC(=O)C=Cc1ccc(C(=O)CC#N)cc1. The molecular formula is C14H13NO3. The molecule has 0 aliphatic heterocycles. The third kappa shape index (κ3) is 4.22. The third-order valence-corrected chi connectivity index (χ3v) is 2.17. The lowest BCUT2D eigenvalue weighted by atomic mass is 10.1. The zero-order valence-corrected chi connectivity index (χ0v) is 10.1. The van der Waals surface area contributed by atoms with Crippen LogP contribution in [0.2, 0.25) is 0 Å². The highest BCUT2D eigenvalue weighted by molar-refractivity contribution is 5.97. The molecule has 0 unspecified atom stereocenters. The summed E-state index contributed by atoms with van der Waals surface area (Å²) in [4.78, 5) is 22.5. The molecule has 1 aromatic carbocycles. The Morgan fingerprint density at radius 2 is 2.00 bits per heavy atom. The van der Waals surface area contributed by atoms with Gasteiger partial charge in [0.2, 0.25) is 0 Å². The normalized spacial score (nSPS) is 10.0. The summed E-state index contributed by atoms with van der Waals surface area (Å²) in [5, 5.41) is 8.42. The first-order valence-electron chi connectivity index (χ1n) is 5.52. The number of Topliss-reactive ketones (excluding diaryl/α,β-unsaturated/α-hetero) is 1. The second kappa shape index (κ2) is 7.02. The number of carbonyl (C=O) groups is 2. The van der Waals surface area contributed by atoms with Crippen molar-refractivity contribution in [3.8, 4) is 6.07 Å². The Labute approximate surface area is 105 Å². The van der Waals surface area contributed by atoms with Gasteiger partial charge < -0.3 is 4.74 Å². The van der Waals surface area contributed by atoms with E-state index in [1.165, 1.54) is 6.08 Å². The Morgan fingerprint density at radius 1 is 1.33 bits per heavy atom. The largest absolute Gasteiger partial charge is 0.463 e. The van der Waals surface area contributed by atoms with E-state index in [0.29, 0.717) is 12.2 Å². The van der Waals surface area contributed by atoms with E-state index in [1.807, 2.05) is 6.07 Å². The molecule has 4 nitrogen and oxygen atoms in total. The maximum atomic E-state index is 11.4. The van der Waals surface area contributed by atoms with Crippen molar-refractivity contribution >= 4 is 17.8 Å². The first-order valence-corrected chi connectivity index (χ1v) is 5.52. The van der Waals surface area contributed by atoms with Gasteiger partial charge in [0.15, 0.2) is 5.78 Å².